The van der Waals surface area contributed by atoms with Crippen LogP contribution in [0.2, 0.25) is 0 Å². The Kier molecular flexibility index (Phi) is 6.41. The molecule has 102 valence electrons. The SMILES string of the molecule is CNC1CCN(CC(O)COC(C)C)CC1C. The summed E-state index contributed by atoms with van der Waals surface area (Å²) in [5.41, 5.74) is 0. The van der Waals surface area contributed by atoms with E-state index in [-0.39, 0.29) is 12.2 Å². The van der Waals surface area contributed by atoms with Gasteiger partial charge >= 0.3 is 0 Å². The van der Waals surface area contributed by atoms with Crippen molar-refractivity contribution < 1.29 is 9.84 Å². The number of hydrogen-bond acceptors (Lipinski definition) is 4. The zero-order chi connectivity index (χ0) is 12.8. The van der Waals surface area contributed by atoms with Crippen LogP contribution in [0.1, 0.15) is 27.2 Å². The first-order chi connectivity index (χ1) is 8.02. The summed E-state index contributed by atoms with van der Waals surface area (Å²) in [4.78, 5) is 2.34. The molecule has 0 aromatic carbocycles. The van der Waals surface area contributed by atoms with Crippen molar-refractivity contribution in [3.63, 3.8) is 0 Å². The molecule has 1 heterocycles. The van der Waals surface area contributed by atoms with Gasteiger partial charge in [0.2, 0.25) is 0 Å². The van der Waals surface area contributed by atoms with Crippen molar-refractivity contribution in [1.82, 2.24) is 10.2 Å². The van der Waals surface area contributed by atoms with E-state index in [1.165, 1.54) is 0 Å². The Labute approximate surface area is 105 Å². The summed E-state index contributed by atoms with van der Waals surface area (Å²) >= 11 is 0. The summed E-state index contributed by atoms with van der Waals surface area (Å²) in [6.07, 6.45) is 0.990. The molecule has 0 amide bonds. The van der Waals surface area contributed by atoms with Gasteiger partial charge in [0.25, 0.3) is 0 Å². The fourth-order valence-electron chi connectivity index (χ4n) is 2.48. The first-order valence-corrected chi connectivity index (χ1v) is 6.72. The number of nitrogens with one attached hydrogen (secondary N) is 1. The van der Waals surface area contributed by atoms with Crippen LogP contribution in [-0.2, 0) is 4.74 Å². The van der Waals surface area contributed by atoms with Crippen LogP contribution in [0.3, 0.4) is 0 Å². The normalized spacial score (nSPS) is 28.6. The number of rotatable bonds is 6. The number of β-amino-alcohol motifs (C(OH)–C–C–N with tert-alkyl or cyclic N) is 1. The van der Waals surface area contributed by atoms with Crippen LogP contribution in [0, 0.1) is 5.92 Å². The molecule has 2 N–H and O–H groups in total. The van der Waals surface area contributed by atoms with E-state index in [1.54, 1.807) is 0 Å². The number of hydrogen-bond donors (Lipinski definition) is 2. The topological polar surface area (TPSA) is 44.7 Å². The lowest BCUT2D eigenvalue weighted by Gasteiger charge is -2.37. The third kappa shape index (κ3) is 5.34. The largest absolute Gasteiger partial charge is 0.389 e. The van der Waals surface area contributed by atoms with Crippen LogP contribution in [-0.4, -0.2) is 61.5 Å². The van der Waals surface area contributed by atoms with E-state index in [9.17, 15) is 5.11 Å². The maximum atomic E-state index is 9.88. The third-order valence-electron chi connectivity index (χ3n) is 3.45. The van der Waals surface area contributed by atoms with Gasteiger partial charge in [-0.3, -0.25) is 0 Å². The average molecular weight is 244 g/mol. The molecule has 0 bridgehead atoms. The maximum Gasteiger partial charge on any atom is 0.0900 e. The van der Waals surface area contributed by atoms with E-state index in [0.29, 0.717) is 18.6 Å². The molecule has 4 heteroatoms. The van der Waals surface area contributed by atoms with Gasteiger partial charge in [-0.25, -0.2) is 0 Å². The Balaban J connectivity index is 2.24. The molecular weight excluding hydrogens is 216 g/mol. The molecular formula is C13H28N2O2. The monoisotopic (exact) mass is 244 g/mol. The highest BCUT2D eigenvalue weighted by Crippen LogP contribution is 2.16. The van der Waals surface area contributed by atoms with Gasteiger partial charge in [0.15, 0.2) is 0 Å². The molecule has 0 aromatic heterocycles. The van der Waals surface area contributed by atoms with E-state index in [0.717, 1.165) is 26.1 Å². The van der Waals surface area contributed by atoms with Crippen molar-refractivity contribution in [2.75, 3.05) is 33.3 Å². The standard InChI is InChI=1S/C13H28N2O2/c1-10(2)17-9-12(16)8-15-6-5-13(14-4)11(3)7-15/h10-14,16H,5-9H2,1-4H3. The molecule has 4 nitrogen and oxygen atoms in total. The molecule has 0 radical (unpaired) electrons. The Morgan fingerprint density at radius 3 is 2.71 bits per heavy atom. The molecule has 3 unspecified atom stereocenters. The maximum absolute atomic E-state index is 9.88. The summed E-state index contributed by atoms with van der Waals surface area (Å²) in [6.45, 7) is 9.55. The van der Waals surface area contributed by atoms with Gasteiger partial charge in [0.05, 0.1) is 18.8 Å². The summed E-state index contributed by atoms with van der Waals surface area (Å²) in [5.74, 6) is 0.645. The van der Waals surface area contributed by atoms with Crippen LogP contribution >= 0.6 is 0 Å². The molecule has 3 atom stereocenters. The molecule has 1 rings (SSSR count). The van der Waals surface area contributed by atoms with Crippen molar-refractivity contribution in [1.29, 1.82) is 0 Å². The number of aliphatic hydroxyl groups is 1. The minimum Gasteiger partial charge on any atom is -0.389 e. The number of ether oxygens (including phenoxy) is 1. The first-order valence-electron chi connectivity index (χ1n) is 6.72. The molecule has 17 heavy (non-hydrogen) atoms. The highest BCUT2D eigenvalue weighted by molar-refractivity contribution is 4.82. The predicted octanol–water partition coefficient (Wildman–Crippen LogP) is 0.702. The molecule has 1 saturated heterocycles. The Morgan fingerprint density at radius 2 is 2.18 bits per heavy atom. The van der Waals surface area contributed by atoms with Crippen molar-refractivity contribution in [3.8, 4) is 0 Å². The van der Waals surface area contributed by atoms with Crippen LogP contribution in [0.5, 0.6) is 0 Å². The molecule has 0 aromatic rings. The average Bonchev–Trinajstić information content (AvgIpc) is 2.26. The van der Waals surface area contributed by atoms with Crippen LogP contribution in [0.15, 0.2) is 0 Å². The van der Waals surface area contributed by atoms with Gasteiger partial charge < -0.3 is 20.1 Å². The van der Waals surface area contributed by atoms with Crippen molar-refractivity contribution >= 4 is 0 Å². The number of aliphatic hydroxyl groups excluding tert-OH is 1. The van der Waals surface area contributed by atoms with Crippen LogP contribution in [0.4, 0.5) is 0 Å². The van der Waals surface area contributed by atoms with Crippen molar-refractivity contribution in [3.05, 3.63) is 0 Å². The molecule has 0 saturated carbocycles. The van der Waals surface area contributed by atoms with Crippen LogP contribution in [0.25, 0.3) is 0 Å². The number of nitrogens with zero attached hydrogens (tertiary/aromatic N) is 1. The van der Waals surface area contributed by atoms with E-state index in [2.05, 4.69) is 17.1 Å². The Morgan fingerprint density at radius 1 is 1.47 bits per heavy atom. The minimum absolute atomic E-state index is 0.193. The van der Waals surface area contributed by atoms with Gasteiger partial charge in [-0.1, -0.05) is 6.92 Å². The summed E-state index contributed by atoms with van der Waals surface area (Å²) in [5, 5.41) is 13.2. The first kappa shape index (κ1) is 14.9. The zero-order valence-corrected chi connectivity index (χ0v) is 11.6. The smallest absolute Gasteiger partial charge is 0.0900 e. The molecule has 0 spiro atoms. The zero-order valence-electron chi connectivity index (χ0n) is 11.6. The van der Waals surface area contributed by atoms with Crippen LogP contribution < -0.4 is 5.32 Å². The van der Waals surface area contributed by atoms with E-state index < -0.39 is 0 Å². The van der Waals surface area contributed by atoms with Gasteiger partial charge in [-0.2, -0.15) is 0 Å². The van der Waals surface area contributed by atoms with Crippen molar-refractivity contribution in [2.24, 2.45) is 5.92 Å². The molecule has 1 aliphatic heterocycles. The Bertz CT molecular complexity index is 212. The van der Waals surface area contributed by atoms with E-state index in [1.807, 2.05) is 20.9 Å². The second-order valence-corrected chi connectivity index (χ2v) is 5.46. The number of piperidine rings is 1. The fourth-order valence-corrected chi connectivity index (χ4v) is 2.48. The van der Waals surface area contributed by atoms with Gasteiger partial charge in [0.1, 0.15) is 0 Å². The highest BCUT2D eigenvalue weighted by Gasteiger charge is 2.25. The minimum atomic E-state index is -0.365. The third-order valence-corrected chi connectivity index (χ3v) is 3.45. The fraction of sp³-hybridized carbons (Fsp3) is 1.00. The second-order valence-electron chi connectivity index (χ2n) is 5.46. The van der Waals surface area contributed by atoms with E-state index >= 15 is 0 Å². The van der Waals surface area contributed by atoms with Gasteiger partial charge in [-0.05, 0) is 39.8 Å². The summed E-state index contributed by atoms with van der Waals surface area (Å²) in [6, 6.07) is 0.621. The predicted molar refractivity (Wildman–Crippen MR) is 70.2 cm³/mol. The van der Waals surface area contributed by atoms with Gasteiger partial charge in [0, 0.05) is 19.1 Å². The summed E-state index contributed by atoms with van der Waals surface area (Å²) in [7, 11) is 2.03. The quantitative estimate of drug-likeness (QED) is 0.722. The molecule has 1 fully saturated rings. The lowest BCUT2D eigenvalue weighted by molar-refractivity contribution is -0.0146. The Hall–Kier alpha value is -0.160. The summed E-state index contributed by atoms with van der Waals surface area (Å²) < 4.78 is 5.43. The highest BCUT2D eigenvalue weighted by atomic mass is 16.5. The lowest BCUT2D eigenvalue weighted by Crippen LogP contribution is -2.49. The number of likely N-dealkylation sites (tertiary alicyclic amines) is 1. The molecule has 1 aliphatic rings. The molecule has 0 aliphatic carbocycles. The van der Waals surface area contributed by atoms with Crippen molar-refractivity contribution in [2.45, 2.75) is 45.4 Å². The van der Waals surface area contributed by atoms with Gasteiger partial charge in [-0.15, -0.1) is 0 Å². The lowest BCUT2D eigenvalue weighted by atomic mass is 9.94. The second kappa shape index (κ2) is 7.31. The van der Waals surface area contributed by atoms with E-state index in [4.69, 9.17) is 4.74 Å².